The number of amides is 1. The molecule has 0 saturated carbocycles. The number of aromatic nitrogens is 3. The molecule has 1 aliphatic heterocycles. The standard InChI is InChI=1S/C15H17ClN4O2/c1-10-18-14(19-22-10)12-5-3-2-4-8-20(12)15(21)11-6-7-17-13(16)9-11/h6-7,9,12H,2-5,8H2,1H3/t12-/m0/s1. The Balaban J connectivity index is 1.91. The molecule has 0 spiro atoms. The summed E-state index contributed by atoms with van der Waals surface area (Å²) in [4.78, 5) is 22.9. The fourth-order valence-electron chi connectivity index (χ4n) is 2.77. The van der Waals surface area contributed by atoms with Crippen molar-refractivity contribution in [3.05, 3.63) is 40.8 Å². The van der Waals surface area contributed by atoms with Crippen molar-refractivity contribution in [3.63, 3.8) is 0 Å². The molecule has 0 unspecified atom stereocenters. The van der Waals surface area contributed by atoms with Crippen LogP contribution >= 0.6 is 11.6 Å². The largest absolute Gasteiger partial charge is 0.340 e. The van der Waals surface area contributed by atoms with Gasteiger partial charge in [0.2, 0.25) is 5.89 Å². The van der Waals surface area contributed by atoms with Crippen LogP contribution in [0.25, 0.3) is 0 Å². The Kier molecular flexibility index (Phi) is 4.38. The molecule has 22 heavy (non-hydrogen) atoms. The van der Waals surface area contributed by atoms with E-state index in [2.05, 4.69) is 15.1 Å². The van der Waals surface area contributed by atoms with Crippen LogP contribution < -0.4 is 0 Å². The Hall–Kier alpha value is -1.95. The first-order valence-electron chi connectivity index (χ1n) is 7.38. The Bertz CT molecular complexity index is 673. The third kappa shape index (κ3) is 3.11. The molecular weight excluding hydrogens is 304 g/mol. The minimum Gasteiger partial charge on any atom is -0.340 e. The second kappa shape index (κ2) is 6.44. The molecule has 2 aromatic heterocycles. The molecule has 3 heterocycles. The third-order valence-corrected chi connectivity index (χ3v) is 4.04. The van der Waals surface area contributed by atoms with Crippen molar-refractivity contribution < 1.29 is 9.32 Å². The molecule has 7 heteroatoms. The zero-order chi connectivity index (χ0) is 15.5. The molecule has 1 amide bonds. The zero-order valence-corrected chi connectivity index (χ0v) is 13.1. The van der Waals surface area contributed by atoms with E-state index in [0.717, 1.165) is 25.7 Å². The summed E-state index contributed by atoms with van der Waals surface area (Å²) in [6.45, 7) is 2.43. The lowest BCUT2D eigenvalue weighted by Gasteiger charge is -2.27. The Labute approximate surface area is 133 Å². The molecule has 6 nitrogen and oxygen atoms in total. The smallest absolute Gasteiger partial charge is 0.254 e. The van der Waals surface area contributed by atoms with E-state index in [4.69, 9.17) is 16.1 Å². The van der Waals surface area contributed by atoms with Crippen molar-refractivity contribution in [1.29, 1.82) is 0 Å². The lowest BCUT2D eigenvalue weighted by atomic mass is 10.1. The molecule has 116 valence electrons. The monoisotopic (exact) mass is 320 g/mol. The minimum atomic E-state index is -0.153. The number of carbonyl (C=O) groups is 1. The Morgan fingerprint density at radius 2 is 2.27 bits per heavy atom. The third-order valence-electron chi connectivity index (χ3n) is 3.83. The van der Waals surface area contributed by atoms with Gasteiger partial charge in [0, 0.05) is 25.2 Å². The van der Waals surface area contributed by atoms with Gasteiger partial charge < -0.3 is 9.42 Å². The first-order valence-corrected chi connectivity index (χ1v) is 7.75. The van der Waals surface area contributed by atoms with Crippen LogP contribution in [-0.2, 0) is 0 Å². The number of likely N-dealkylation sites (tertiary alicyclic amines) is 1. The van der Waals surface area contributed by atoms with Gasteiger partial charge in [-0.1, -0.05) is 29.6 Å². The molecule has 0 aliphatic carbocycles. The number of pyridine rings is 1. The second-order valence-electron chi connectivity index (χ2n) is 5.40. The number of aryl methyl sites for hydroxylation is 1. The number of halogens is 1. The lowest BCUT2D eigenvalue weighted by molar-refractivity contribution is 0.0670. The number of nitrogens with zero attached hydrogens (tertiary/aromatic N) is 4. The van der Waals surface area contributed by atoms with E-state index in [-0.39, 0.29) is 11.9 Å². The predicted octanol–water partition coefficient (Wildman–Crippen LogP) is 3.18. The number of hydrogen-bond donors (Lipinski definition) is 0. The van der Waals surface area contributed by atoms with Crippen LogP contribution in [0.3, 0.4) is 0 Å². The summed E-state index contributed by atoms with van der Waals surface area (Å²) in [5, 5.41) is 4.32. The van der Waals surface area contributed by atoms with Crippen molar-refractivity contribution in [2.75, 3.05) is 6.54 Å². The average molecular weight is 321 g/mol. The quantitative estimate of drug-likeness (QED) is 0.795. The normalized spacial score (nSPS) is 19.0. The van der Waals surface area contributed by atoms with Gasteiger partial charge in [0.05, 0.1) is 6.04 Å². The Morgan fingerprint density at radius 3 is 3.00 bits per heavy atom. The molecular formula is C15H17ClN4O2. The molecule has 1 fully saturated rings. The highest BCUT2D eigenvalue weighted by Crippen LogP contribution is 2.30. The van der Waals surface area contributed by atoms with E-state index in [1.807, 2.05) is 4.90 Å². The van der Waals surface area contributed by atoms with Gasteiger partial charge in [0.1, 0.15) is 5.15 Å². The fraction of sp³-hybridized carbons (Fsp3) is 0.467. The molecule has 0 radical (unpaired) electrons. The predicted molar refractivity (Wildman–Crippen MR) is 80.5 cm³/mol. The van der Waals surface area contributed by atoms with Crippen LogP contribution in [0.15, 0.2) is 22.9 Å². The lowest BCUT2D eigenvalue weighted by Crippen LogP contribution is -2.35. The Morgan fingerprint density at radius 1 is 1.41 bits per heavy atom. The highest BCUT2D eigenvalue weighted by molar-refractivity contribution is 6.29. The van der Waals surface area contributed by atoms with Crippen molar-refractivity contribution in [3.8, 4) is 0 Å². The van der Waals surface area contributed by atoms with Gasteiger partial charge >= 0.3 is 0 Å². The summed E-state index contributed by atoms with van der Waals surface area (Å²) in [5.74, 6) is 1.02. The van der Waals surface area contributed by atoms with Gasteiger partial charge in [0.15, 0.2) is 5.82 Å². The number of hydrogen-bond acceptors (Lipinski definition) is 5. The van der Waals surface area contributed by atoms with Crippen LogP contribution in [0.4, 0.5) is 0 Å². The van der Waals surface area contributed by atoms with Crippen LogP contribution in [0.5, 0.6) is 0 Å². The molecule has 1 saturated heterocycles. The van der Waals surface area contributed by atoms with E-state index in [0.29, 0.717) is 29.0 Å². The first kappa shape index (κ1) is 15.0. The van der Waals surface area contributed by atoms with Gasteiger partial charge in [-0.15, -0.1) is 0 Å². The van der Waals surface area contributed by atoms with Crippen molar-refractivity contribution in [2.45, 2.75) is 38.6 Å². The van der Waals surface area contributed by atoms with Gasteiger partial charge in [-0.05, 0) is 25.0 Å². The van der Waals surface area contributed by atoms with Crippen LogP contribution in [0, 0.1) is 6.92 Å². The molecule has 0 N–H and O–H groups in total. The maximum Gasteiger partial charge on any atom is 0.254 e. The summed E-state index contributed by atoms with van der Waals surface area (Å²) in [6.07, 6.45) is 5.48. The topological polar surface area (TPSA) is 72.1 Å². The van der Waals surface area contributed by atoms with E-state index in [1.54, 1.807) is 25.3 Å². The molecule has 3 rings (SSSR count). The van der Waals surface area contributed by atoms with Crippen LogP contribution in [0.2, 0.25) is 5.15 Å². The average Bonchev–Trinajstić information content (AvgIpc) is 2.80. The summed E-state index contributed by atoms with van der Waals surface area (Å²) in [6, 6.07) is 3.12. The summed E-state index contributed by atoms with van der Waals surface area (Å²) in [7, 11) is 0. The first-order chi connectivity index (χ1) is 10.6. The maximum absolute atomic E-state index is 12.8. The SMILES string of the molecule is Cc1nc([C@@H]2CCCCCN2C(=O)c2ccnc(Cl)c2)no1. The molecule has 0 aromatic carbocycles. The van der Waals surface area contributed by atoms with Crippen LogP contribution in [0.1, 0.15) is 53.8 Å². The van der Waals surface area contributed by atoms with Crippen molar-refractivity contribution in [2.24, 2.45) is 0 Å². The van der Waals surface area contributed by atoms with Gasteiger partial charge in [-0.3, -0.25) is 4.79 Å². The summed E-state index contributed by atoms with van der Waals surface area (Å²) in [5.41, 5.74) is 0.534. The summed E-state index contributed by atoms with van der Waals surface area (Å²) < 4.78 is 5.08. The van der Waals surface area contributed by atoms with Crippen molar-refractivity contribution in [1.82, 2.24) is 20.0 Å². The highest BCUT2D eigenvalue weighted by Gasteiger charge is 2.30. The zero-order valence-electron chi connectivity index (χ0n) is 12.3. The van der Waals surface area contributed by atoms with E-state index in [9.17, 15) is 4.79 Å². The fourth-order valence-corrected chi connectivity index (χ4v) is 2.95. The minimum absolute atomic E-state index is 0.0707. The second-order valence-corrected chi connectivity index (χ2v) is 5.79. The van der Waals surface area contributed by atoms with Gasteiger partial charge in [0.25, 0.3) is 5.91 Å². The van der Waals surface area contributed by atoms with Crippen LogP contribution in [-0.4, -0.2) is 32.5 Å². The van der Waals surface area contributed by atoms with E-state index >= 15 is 0 Å². The molecule has 1 atom stereocenters. The molecule has 1 aliphatic rings. The number of carbonyl (C=O) groups excluding carboxylic acids is 1. The summed E-state index contributed by atoms with van der Waals surface area (Å²) >= 11 is 5.90. The molecule has 0 bridgehead atoms. The van der Waals surface area contributed by atoms with Gasteiger partial charge in [-0.25, -0.2) is 4.98 Å². The highest BCUT2D eigenvalue weighted by atomic mass is 35.5. The maximum atomic E-state index is 12.8. The van der Waals surface area contributed by atoms with E-state index < -0.39 is 0 Å². The molecule has 2 aromatic rings. The van der Waals surface area contributed by atoms with E-state index in [1.165, 1.54) is 0 Å². The van der Waals surface area contributed by atoms with Gasteiger partial charge in [-0.2, -0.15) is 4.98 Å². The number of rotatable bonds is 2. The van der Waals surface area contributed by atoms with Crippen molar-refractivity contribution >= 4 is 17.5 Å².